The van der Waals surface area contributed by atoms with E-state index in [2.05, 4.69) is 15.9 Å². The summed E-state index contributed by atoms with van der Waals surface area (Å²) >= 11 is 3.23. The summed E-state index contributed by atoms with van der Waals surface area (Å²) in [7, 11) is -1.84. The lowest BCUT2D eigenvalue weighted by Gasteiger charge is -2.16. The van der Waals surface area contributed by atoms with Crippen LogP contribution in [0.3, 0.4) is 0 Å². The number of benzene rings is 1. The molecule has 1 aromatic rings. The average molecular weight is 307 g/mol. The van der Waals surface area contributed by atoms with E-state index in [4.69, 9.17) is 5.73 Å². The molecule has 0 aliphatic rings. The second kappa shape index (κ2) is 5.16. The number of nitrogen functional groups attached to an aromatic ring is 1. The molecule has 4 nitrogen and oxygen atoms in total. The average Bonchev–Trinajstić information content (AvgIpc) is 2.22. The topological polar surface area (TPSA) is 63.4 Å². The molecule has 2 N–H and O–H groups in total. The Labute approximate surface area is 105 Å². The maximum Gasteiger partial charge on any atom is 0.242 e. The Morgan fingerprint density at radius 3 is 2.56 bits per heavy atom. The Balaban J connectivity index is 3.12. The van der Waals surface area contributed by atoms with Gasteiger partial charge in [-0.15, -0.1) is 0 Å². The molecule has 0 amide bonds. The van der Waals surface area contributed by atoms with Crippen molar-refractivity contribution in [1.82, 2.24) is 4.31 Å². The van der Waals surface area contributed by atoms with Crippen LogP contribution in [-0.2, 0) is 10.0 Å². The van der Waals surface area contributed by atoms with Crippen LogP contribution in [0.1, 0.15) is 13.3 Å². The standard InChI is InChI=1S/C10H15BrN2O2S/c1-3-6-13(2)16(14,15)8-4-5-9(11)10(12)7-8/h4-5,7H,3,6,12H2,1-2H3. The minimum Gasteiger partial charge on any atom is -0.398 e. The van der Waals surface area contributed by atoms with E-state index >= 15 is 0 Å². The number of nitrogens with zero attached hydrogens (tertiary/aromatic N) is 1. The fraction of sp³-hybridized carbons (Fsp3) is 0.400. The predicted octanol–water partition coefficient (Wildman–Crippen LogP) is 2.06. The molecule has 0 atom stereocenters. The highest BCUT2D eigenvalue weighted by Gasteiger charge is 2.20. The lowest BCUT2D eigenvalue weighted by atomic mass is 10.3. The first-order valence-corrected chi connectivity index (χ1v) is 7.14. The van der Waals surface area contributed by atoms with Crippen molar-refractivity contribution in [3.63, 3.8) is 0 Å². The highest BCUT2D eigenvalue weighted by molar-refractivity contribution is 9.10. The number of anilines is 1. The molecule has 0 bridgehead atoms. The van der Waals surface area contributed by atoms with E-state index in [1.807, 2.05) is 6.92 Å². The van der Waals surface area contributed by atoms with Gasteiger partial charge in [-0.25, -0.2) is 12.7 Å². The zero-order valence-electron chi connectivity index (χ0n) is 9.27. The lowest BCUT2D eigenvalue weighted by molar-refractivity contribution is 0.468. The predicted molar refractivity (Wildman–Crippen MR) is 68.7 cm³/mol. The number of halogens is 1. The third kappa shape index (κ3) is 2.75. The van der Waals surface area contributed by atoms with Crippen LogP contribution < -0.4 is 5.73 Å². The van der Waals surface area contributed by atoms with Crippen molar-refractivity contribution in [3.8, 4) is 0 Å². The molecule has 0 saturated carbocycles. The zero-order chi connectivity index (χ0) is 12.3. The van der Waals surface area contributed by atoms with Crippen molar-refractivity contribution in [2.75, 3.05) is 19.3 Å². The lowest BCUT2D eigenvalue weighted by Crippen LogP contribution is -2.27. The van der Waals surface area contributed by atoms with Crippen LogP contribution in [0.2, 0.25) is 0 Å². The minimum absolute atomic E-state index is 0.226. The maximum atomic E-state index is 12.0. The molecule has 1 aromatic carbocycles. The molecule has 0 heterocycles. The summed E-state index contributed by atoms with van der Waals surface area (Å²) in [5, 5.41) is 0. The fourth-order valence-corrected chi connectivity index (χ4v) is 2.84. The summed E-state index contributed by atoms with van der Waals surface area (Å²) in [4.78, 5) is 0.226. The Morgan fingerprint density at radius 1 is 1.44 bits per heavy atom. The smallest absolute Gasteiger partial charge is 0.242 e. The van der Waals surface area contributed by atoms with Crippen LogP contribution in [0.25, 0.3) is 0 Å². The van der Waals surface area contributed by atoms with E-state index in [1.165, 1.54) is 10.4 Å². The van der Waals surface area contributed by atoms with Crippen LogP contribution in [-0.4, -0.2) is 26.3 Å². The quantitative estimate of drug-likeness (QED) is 0.866. The summed E-state index contributed by atoms with van der Waals surface area (Å²) in [5.41, 5.74) is 6.08. The third-order valence-corrected chi connectivity index (χ3v) is 4.79. The van der Waals surface area contributed by atoms with Gasteiger partial charge in [0.25, 0.3) is 0 Å². The second-order valence-corrected chi connectivity index (χ2v) is 6.41. The van der Waals surface area contributed by atoms with Crippen molar-refractivity contribution in [2.24, 2.45) is 0 Å². The van der Waals surface area contributed by atoms with Crippen LogP contribution in [0.4, 0.5) is 5.69 Å². The van der Waals surface area contributed by atoms with Crippen LogP contribution >= 0.6 is 15.9 Å². The van der Waals surface area contributed by atoms with Crippen molar-refractivity contribution < 1.29 is 8.42 Å². The Hall–Kier alpha value is -0.590. The second-order valence-electron chi connectivity index (χ2n) is 3.51. The van der Waals surface area contributed by atoms with Crippen molar-refractivity contribution in [2.45, 2.75) is 18.2 Å². The number of rotatable bonds is 4. The van der Waals surface area contributed by atoms with Gasteiger partial charge in [-0.1, -0.05) is 6.92 Å². The van der Waals surface area contributed by atoms with Gasteiger partial charge in [0.2, 0.25) is 10.0 Å². The third-order valence-electron chi connectivity index (χ3n) is 2.21. The first-order chi connectivity index (χ1) is 7.39. The molecule has 0 radical (unpaired) electrons. The zero-order valence-corrected chi connectivity index (χ0v) is 11.7. The van der Waals surface area contributed by atoms with E-state index in [1.54, 1.807) is 19.2 Å². The van der Waals surface area contributed by atoms with Gasteiger partial charge >= 0.3 is 0 Å². The van der Waals surface area contributed by atoms with Crippen LogP contribution in [0.15, 0.2) is 27.6 Å². The fourth-order valence-electron chi connectivity index (χ4n) is 1.30. The van der Waals surface area contributed by atoms with Gasteiger partial charge in [0.1, 0.15) is 0 Å². The first-order valence-electron chi connectivity index (χ1n) is 4.91. The largest absolute Gasteiger partial charge is 0.398 e. The maximum absolute atomic E-state index is 12.0. The van der Waals surface area contributed by atoms with Gasteiger partial charge in [0, 0.05) is 23.8 Å². The van der Waals surface area contributed by atoms with Gasteiger partial charge in [0.15, 0.2) is 0 Å². The molecule has 0 saturated heterocycles. The molecule has 0 aliphatic carbocycles. The molecular formula is C10H15BrN2O2S. The number of hydrogen-bond donors (Lipinski definition) is 1. The van der Waals surface area contributed by atoms with Gasteiger partial charge in [-0.05, 0) is 40.5 Å². The first kappa shape index (κ1) is 13.5. The molecule has 16 heavy (non-hydrogen) atoms. The van der Waals surface area contributed by atoms with Crippen LogP contribution in [0.5, 0.6) is 0 Å². The molecule has 0 unspecified atom stereocenters. The summed E-state index contributed by atoms with van der Waals surface area (Å²) in [6, 6.07) is 4.65. The summed E-state index contributed by atoms with van der Waals surface area (Å²) < 4.78 is 26.1. The Kier molecular flexibility index (Phi) is 4.35. The molecule has 0 aromatic heterocycles. The molecule has 90 valence electrons. The van der Waals surface area contributed by atoms with E-state index < -0.39 is 10.0 Å². The number of nitrogens with two attached hydrogens (primary N) is 1. The van der Waals surface area contributed by atoms with Crippen molar-refractivity contribution in [3.05, 3.63) is 22.7 Å². The van der Waals surface area contributed by atoms with E-state index in [-0.39, 0.29) is 4.90 Å². The number of hydrogen-bond acceptors (Lipinski definition) is 3. The minimum atomic E-state index is -3.41. The van der Waals surface area contributed by atoms with Gasteiger partial charge < -0.3 is 5.73 Å². The van der Waals surface area contributed by atoms with Gasteiger partial charge in [0.05, 0.1) is 4.90 Å². The molecule has 0 aliphatic heterocycles. The Bertz CT molecular complexity index is 474. The molecule has 0 spiro atoms. The monoisotopic (exact) mass is 306 g/mol. The molecule has 0 fully saturated rings. The highest BCUT2D eigenvalue weighted by Crippen LogP contribution is 2.24. The van der Waals surface area contributed by atoms with Crippen molar-refractivity contribution >= 4 is 31.6 Å². The van der Waals surface area contributed by atoms with E-state index in [0.29, 0.717) is 16.7 Å². The van der Waals surface area contributed by atoms with E-state index in [0.717, 1.165) is 6.42 Å². The number of sulfonamides is 1. The molecule has 6 heteroatoms. The SMILES string of the molecule is CCCN(C)S(=O)(=O)c1ccc(Br)c(N)c1. The summed E-state index contributed by atoms with van der Waals surface area (Å²) in [6.45, 7) is 2.43. The Morgan fingerprint density at radius 2 is 2.06 bits per heavy atom. The molecular weight excluding hydrogens is 292 g/mol. The molecule has 1 rings (SSSR count). The van der Waals surface area contributed by atoms with Crippen LogP contribution in [0, 0.1) is 0 Å². The normalized spacial score (nSPS) is 12.0. The van der Waals surface area contributed by atoms with E-state index in [9.17, 15) is 8.42 Å². The summed E-state index contributed by atoms with van der Waals surface area (Å²) in [6.07, 6.45) is 0.780. The van der Waals surface area contributed by atoms with Gasteiger partial charge in [-0.3, -0.25) is 0 Å². The highest BCUT2D eigenvalue weighted by atomic mass is 79.9. The van der Waals surface area contributed by atoms with Gasteiger partial charge in [-0.2, -0.15) is 0 Å². The summed E-state index contributed by atoms with van der Waals surface area (Å²) in [5.74, 6) is 0. The van der Waals surface area contributed by atoms with Crippen molar-refractivity contribution in [1.29, 1.82) is 0 Å².